The first-order valence-corrected chi connectivity index (χ1v) is 9.97. The lowest BCUT2D eigenvalue weighted by molar-refractivity contribution is -0.178. The molecular weight excluding hydrogens is 282 g/mol. The Hall–Kier alpha value is -1.27. The predicted molar refractivity (Wildman–Crippen MR) is 76.3 cm³/mol. The van der Waals surface area contributed by atoms with Crippen LogP contribution in [0.4, 0.5) is 8.78 Å². The zero-order chi connectivity index (χ0) is 15.6. The molecule has 0 aliphatic rings. The third-order valence-electron chi connectivity index (χ3n) is 2.99. The largest absolute Gasteiger partial charge is 0.422 e. The molecule has 1 rings (SSSR count). The van der Waals surface area contributed by atoms with Crippen LogP contribution < -0.4 is 9.92 Å². The molecule has 0 bridgehead atoms. The number of alkyl halides is 2. The Morgan fingerprint density at radius 3 is 2.50 bits per heavy atom. The van der Waals surface area contributed by atoms with Gasteiger partial charge >= 0.3 is 11.9 Å². The molecule has 0 amide bonds. The monoisotopic (exact) mass is 302 g/mol. The van der Waals surface area contributed by atoms with Crippen molar-refractivity contribution in [2.75, 3.05) is 0 Å². The molecule has 0 spiro atoms. The minimum atomic E-state index is -3.90. The van der Waals surface area contributed by atoms with Gasteiger partial charge in [-0.3, -0.25) is 0 Å². The Kier molecular flexibility index (Phi) is 5.04. The normalized spacial score (nSPS) is 13.9. The van der Waals surface area contributed by atoms with Crippen molar-refractivity contribution in [1.29, 1.82) is 0 Å². The van der Waals surface area contributed by atoms with Crippen LogP contribution >= 0.6 is 0 Å². The molecule has 6 heteroatoms. The van der Waals surface area contributed by atoms with E-state index in [2.05, 4.69) is 19.6 Å². The first kappa shape index (κ1) is 16.8. The number of carbonyl (C=O) groups is 1. The molecule has 0 heterocycles. The third kappa shape index (κ3) is 3.86. The highest BCUT2D eigenvalue weighted by Crippen LogP contribution is 2.24. The van der Waals surface area contributed by atoms with E-state index in [1.165, 1.54) is 13.0 Å². The zero-order valence-electron chi connectivity index (χ0n) is 12.1. The van der Waals surface area contributed by atoms with Crippen molar-refractivity contribution in [3.63, 3.8) is 0 Å². The summed E-state index contributed by atoms with van der Waals surface area (Å²) in [6.45, 7) is 7.67. The van der Waals surface area contributed by atoms with Crippen molar-refractivity contribution in [2.24, 2.45) is 0 Å². The Morgan fingerprint density at radius 1 is 1.40 bits per heavy atom. The fourth-order valence-corrected chi connectivity index (χ4v) is 2.77. The molecule has 1 unspecified atom stereocenters. The highest BCUT2D eigenvalue weighted by molar-refractivity contribution is 6.88. The van der Waals surface area contributed by atoms with Gasteiger partial charge in [-0.2, -0.15) is 8.78 Å². The molecule has 0 aliphatic heterocycles. The lowest BCUT2D eigenvalue weighted by atomic mass is 10.1. The van der Waals surface area contributed by atoms with Gasteiger partial charge in [0.25, 0.3) is 0 Å². The van der Waals surface area contributed by atoms with Crippen LogP contribution in [0.1, 0.15) is 13.3 Å². The molecule has 1 aromatic rings. The molecule has 0 radical (unpaired) electrons. The van der Waals surface area contributed by atoms with Gasteiger partial charge in [-0.25, -0.2) is 4.79 Å². The standard InChI is InChI=1S/C14H20F2O3Si/c1-5-12(17)14(15,16)13(18)19-10-7-6-8-11(9-10)20(2,3)4/h6-9,12,17H,5H2,1-4H3. The molecule has 3 nitrogen and oxygen atoms in total. The van der Waals surface area contributed by atoms with E-state index >= 15 is 0 Å². The van der Waals surface area contributed by atoms with Crippen LogP contribution in [0.25, 0.3) is 0 Å². The summed E-state index contributed by atoms with van der Waals surface area (Å²) >= 11 is 0. The molecule has 0 fully saturated rings. The van der Waals surface area contributed by atoms with Gasteiger partial charge in [0.2, 0.25) is 0 Å². The maximum absolute atomic E-state index is 13.5. The number of hydrogen-bond donors (Lipinski definition) is 1. The second kappa shape index (κ2) is 6.01. The van der Waals surface area contributed by atoms with Gasteiger partial charge in [-0.05, 0) is 18.6 Å². The van der Waals surface area contributed by atoms with Gasteiger partial charge in [0.15, 0.2) is 0 Å². The van der Waals surface area contributed by atoms with Gasteiger partial charge in [0.05, 0.1) is 8.07 Å². The number of halogens is 2. The summed E-state index contributed by atoms with van der Waals surface area (Å²) < 4.78 is 31.7. The van der Waals surface area contributed by atoms with E-state index in [1.807, 2.05) is 6.07 Å². The van der Waals surface area contributed by atoms with Gasteiger partial charge in [-0.1, -0.05) is 43.9 Å². The highest BCUT2D eigenvalue weighted by atomic mass is 28.3. The fraction of sp³-hybridized carbons (Fsp3) is 0.500. The average Bonchev–Trinajstić information content (AvgIpc) is 2.36. The molecule has 1 atom stereocenters. The van der Waals surface area contributed by atoms with E-state index < -0.39 is 26.1 Å². The minimum absolute atomic E-state index is 0.0814. The van der Waals surface area contributed by atoms with Crippen molar-refractivity contribution in [2.45, 2.75) is 45.0 Å². The summed E-state index contributed by atoms with van der Waals surface area (Å²) in [6, 6.07) is 6.63. The Balaban J connectivity index is 2.92. The smallest absolute Gasteiger partial charge is 0.385 e. The summed E-state index contributed by atoms with van der Waals surface area (Å²) in [4.78, 5) is 11.5. The first-order valence-electron chi connectivity index (χ1n) is 6.47. The van der Waals surface area contributed by atoms with Crippen LogP contribution in [0.3, 0.4) is 0 Å². The minimum Gasteiger partial charge on any atom is -0.422 e. The summed E-state index contributed by atoms with van der Waals surface area (Å²) in [5.74, 6) is -5.54. The second-order valence-electron chi connectivity index (χ2n) is 5.71. The molecular formula is C14H20F2O3Si. The number of hydrogen-bond acceptors (Lipinski definition) is 3. The number of carbonyl (C=O) groups excluding carboxylic acids is 1. The van der Waals surface area contributed by atoms with Gasteiger partial charge in [-0.15, -0.1) is 0 Å². The number of esters is 1. The number of benzene rings is 1. The Labute approximate surface area is 118 Å². The first-order chi connectivity index (χ1) is 9.09. The Morgan fingerprint density at radius 2 is 2.00 bits per heavy atom. The van der Waals surface area contributed by atoms with Crippen LogP contribution in [-0.4, -0.2) is 31.2 Å². The number of rotatable bonds is 5. The van der Waals surface area contributed by atoms with Gasteiger partial charge in [0, 0.05) is 0 Å². The quantitative estimate of drug-likeness (QED) is 0.516. The molecule has 0 saturated heterocycles. The lowest BCUT2D eigenvalue weighted by Crippen LogP contribution is -2.44. The van der Waals surface area contributed by atoms with Crippen LogP contribution in [-0.2, 0) is 4.79 Å². The number of aliphatic hydroxyl groups excluding tert-OH is 1. The second-order valence-corrected chi connectivity index (χ2v) is 10.8. The molecule has 112 valence electrons. The predicted octanol–water partition coefficient (Wildman–Crippen LogP) is 2.54. The van der Waals surface area contributed by atoms with Crippen molar-refractivity contribution in [1.82, 2.24) is 0 Å². The van der Waals surface area contributed by atoms with Crippen molar-refractivity contribution < 1.29 is 23.4 Å². The SMILES string of the molecule is CCC(O)C(F)(F)C(=O)Oc1cccc([Si](C)(C)C)c1. The third-order valence-corrected chi connectivity index (χ3v) is 5.03. The zero-order valence-corrected chi connectivity index (χ0v) is 13.1. The molecule has 0 aliphatic carbocycles. The van der Waals surface area contributed by atoms with Crippen LogP contribution in [0.5, 0.6) is 5.75 Å². The Bertz CT molecular complexity index is 484. The van der Waals surface area contributed by atoms with Crippen molar-refractivity contribution >= 4 is 19.2 Å². The molecule has 0 aromatic heterocycles. The molecule has 0 saturated carbocycles. The van der Waals surface area contributed by atoms with Gasteiger partial charge < -0.3 is 9.84 Å². The van der Waals surface area contributed by atoms with Crippen LogP contribution in [0, 0.1) is 0 Å². The lowest BCUT2D eigenvalue weighted by Gasteiger charge is -2.20. The number of aliphatic hydroxyl groups is 1. The molecule has 1 N–H and O–H groups in total. The maximum Gasteiger partial charge on any atom is 0.385 e. The highest BCUT2D eigenvalue weighted by Gasteiger charge is 2.47. The molecule has 1 aromatic carbocycles. The van der Waals surface area contributed by atoms with E-state index in [4.69, 9.17) is 4.74 Å². The van der Waals surface area contributed by atoms with Crippen LogP contribution in [0.2, 0.25) is 19.6 Å². The summed E-state index contributed by atoms with van der Waals surface area (Å²) in [7, 11) is -1.62. The van der Waals surface area contributed by atoms with E-state index in [0.29, 0.717) is 0 Å². The summed E-state index contributed by atoms with van der Waals surface area (Å²) in [5.41, 5.74) is 0. The molecule has 20 heavy (non-hydrogen) atoms. The maximum atomic E-state index is 13.5. The van der Waals surface area contributed by atoms with E-state index in [9.17, 15) is 18.7 Å². The summed E-state index contributed by atoms with van der Waals surface area (Å²) in [5, 5.41) is 10.2. The summed E-state index contributed by atoms with van der Waals surface area (Å²) in [6.07, 6.45) is -2.26. The topological polar surface area (TPSA) is 46.5 Å². The number of ether oxygens (including phenoxy) is 1. The van der Waals surface area contributed by atoms with E-state index in [1.54, 1.807) is 12.1 Å². The fourth-order valence-electron chi connectivity index (χ4n) is 1.59. The van der Waals surface area contributed by atoms with Gasteiger partial charge in [0.1, 0.15) is 11.9 Å². The van der Waals surface area contributed by atoms with E-state index in [0.717, 1.165) is 5.19 Å². The van der Waals surface area contributed by atoms with Crippen LogP contribution in [0.15, 0.2) is 24.3 Å². The van der Waals surface area contributed by atoms with Crippen molar-refractivity contribution in [3.8, 4) is 5.75 Å². The van der Waals surface area contributed by atoms with E-state index in [-0.39, 0.29) is 12.2 Å². The van der Waals surface area contributed by atoms with Crippen molar-refractivity contribution in [3.05, 3.63) is 24.3 Å². The average molecular weight is 302 g/mol.